The normalized spacial score (nSPS) is 11.3. The highest BCUT2D eigenvalue weighted by atomic mass is 32.2. The lowest BCUT2D eigenvalue weighted by molar-refractivity contribution is 0.416. The molecule has 2 aromatic carbocycles. The molecule has 6 nitrogen and oxygen atoms in total. The monoisotopic (exact) mass is 327 g/mol. The van der Waals surface area contributed by atoms with Crippen molar-refractivity contribution >= 4 is 20.9 Å². The van der Waals surface area contributed by atoms with Gasteiger partial charge in [0.1, 0.15) is 10.6 Å². The van der Waals surface area contributed by atoms with E-state index in [1.807, 2.05) is 6.07 Å². The van der Waals surface area contributed by atoms with Gasteiger partial charge < -0.3 is 9.72 Å². The number of aromatic nitrogens is 1. The van der Waals surface area contributed by atoms with Crippen molar-refractivity contribution in [3.05, 3.63) is 48.2 Å². The molecule has 0 aliphatic carbocycles. The van der Waals surface area contributed by atoms with E-state index in [0.717, 1.165) is 11.1 Å². The fourth-order valence-corrected chi connectivity index (χ4v) is 3.21. The summed E-state index contributed by atoms with van der Waals surface area (Å²) in [5.41, 5.74) is 2.79. The smallest absolute Gasteiger partial charge is 0.240 e. The second kappa shape index (κ2) is 5.43. The van der Waals surface area contributed by atoms with E-state index in [4.69, 9.17) is 15.1 Å². The zero-order valence-electron chi connectivity index (χ0n) is 12.2. The van der Waals surface area contributed by atoms with Crippen LogP contribution >= 0.6 is 0 Å². The van der Waals surface area contributed by atoms with E-state index in [2.05, 4.69) is 11.1 Å². The minimum atomic E-state index is -3.78. The second-order valence-corrected chi connectivity index (χ2v) is 6.52. The summed E-state index contributed by atoms with van der Waals surface area (Å²) in [5.74, 6) is 0.571. The summed E-state index contributed by atoms with van der Waals surface area (Å²) in [6.45, 7) is 0. The van der Waals surface area contributed by atoms with E-state index in [1.165, 1.54) is 13.3 Å². The quantitative estimate of drug-likeness (QED) is 0.769. The molecule has 23 heavy (non-hydrogen) atoms. The molecule has 0 amide bonds. The predicted molar refractivity (Wildman–Crippen MR) is 86.4 cm³/mol. The van der Waals surface area contributed by atoms with Crippen LogP contribution in [0.3, 0.4) is 0 Å². The van der Waals surface area contributed by atoms with Crippen molar-refractivity contribution in [1.29, 1.82) is 5.26 Å². The van der Waals surface area contributed by atoms with E-state index in [1.54, 1.807) is 30.3 Å². The molecule has 7 heteroatoms. The van der Waals surface area contributed by atoms with E-state index in [9.17, 15) is 8.42 Å². The molecule has 1 aromatic heterocycles. The number of aromatic amines is 1. The number of nitriles is 1. The summed E-state index contributed by atoms with van der Waals surface area (Å²) in [4.78, 5) is 2.97. The molecular formula is C16H13N3O3S. The molecule has 0 atom stereocenters. The third kappa shape index (κ3) is 2.65. The second-order valence-electron chi connectivity index (χ2n) is 4.99. The number of benzene rings is 2. The van der Waals surface area contributed by atoms with Gasteiger partial charge in [-0.3, -0.25) is 0 Å². The number of nitrogens with one attached hydrogen (secondary N) is 1. The summed E-state index contributed by atoms with van der Waals surface area (Å²) in [6.07, 6.45) is 1.37. The fraction of sp³-hybridized carbons (Fsp3) is 0.0625. The van der Waals surface area contributed by atoms with E-state index >= 15 is 0 Å². The van der Waals surface area contributed by atoms with E-state index in [0.29, 0.717) is 22.2 Å². The molecule has 0 aliphatic rings. The number of methoxy groups -OCH3 is 1. The highest BCUT2D eigenvalue weighted by Gasteiger charge is 2.15. The molecule has 0 saturated carbocycles. The van der Waals surface area contributed by atoms with E-state index in [-0.39, 0.29) is 4.90 Å². The molecule has 3 rings (SSSR count). The first-order chi connectivity index (χ1) is 10.9. The molecular weight excluding hydrogens is 314 g/mol. The molecule has 0 aliphatic heterocycles. The standard InChI is InChI=1S/C16H13N3O3S/c1-22-15-6-10(8-17)2-4-12(15)11-3-5-13-14(7-11)19-9-16(13)23(18,20)21/h2-7,9,19H,1H3,(H2,18,20,21). The first-order valence-corrected chi connectivity index (χ1v) is 8.21. The van der Waals surface area contributed by atoms with Gasteiger partial charge in [-0.15, -0.1) is 0 Å². The molecule has 0 radical (unpaired) electrons. The topological polar surface area (TPSA) is 109 Å². The Balaban J connectivity index is 2.18. The largest absolute Gasteiger partial charge is 0.496 e. The fourth-order valence-electron chi connectivity index (χ4n) is 2.50. The zero-order chi connectivity index (χ0) is 16.6. The van der Waals surface area contributed by atoms with Crippen LogP contribution in [0.15, 0.2) is 47.5 Å². The van der Waals surface area contributed by atoms with Gasteiger partial charge in [-0.2, -0.15) is 5.26 Å². The summed E-state index contributed by atoms with van der Waals surface area (Å²) in [5, 5.41) is 14.7. The number of nitrogens with two attached hydrogens (primary N) is 1. The van der Waals surface area contributed by atoms with E-state index < -0.39 is 10.0 Å². The van der Waals surface area contributed by atoms with Gasteiger partial charge in [0.2, 0.25) is 10.0 Å². The Morgan fingerprint density at radius 1 is 1.22 bits per heavy atom. The maximum atomic E-state index is 11.5. The summed E-state index contributed by atoms with van der Waals surface area (Å²) in [6, 6.07) is 12.5. The number of H-pyrrole nitrogens is 1. The number of rotatable bonds is 3. The predicted octanol–water partition coefficient (Wildman–Crippen LogP) is 2.36. The third-order valence-electron chi connectivity index (χ3n) is 3.59. The van der Waals surface area contributed by atoms with Crippen molar-refractivity contribution in [3.8, 4) is 22.9 Å². The number of fused-ring (bicyclic) bond motifs is 1. The lowest BCUT2D eigenvalue weighted by Gasteiger charge is -2.09. The van der Waals surface area contributed by atoms with Crippen LogP contribution in [0.4, 0.5) is 0 Å². The van der Waals surface area contributed by atoms with Crippen LogP contribution in [0.2, 0.25) is 0 Å². The number of sulfonamides is 1. The van der Waals surface area contributed by atoms with Crippen molar-refractivity contribution < 1.29 is 13.2 Å². The molecule has 3 N–H and O–H groups in total. The lowest BCUT2D eigenvalue weighted by Crippen LogP contribution is -2.11. The van der Waals surface area contributed by atoms with Crippen LogP contribution in [-0.2, 0) is 10.0 Å². The summed E-state index contributed by atoms with van der Waals surface area (Å²) < 4.78 is 28.4. The van der Waals surface area contributed by atoms with Gasteiger partial charge in [0.15, 0.2) is 0 Å². The Bertz CT molecular complexity index is 1050. The minimum absolute atomic E-state index is 0.0610. The van der Waals surface area contributed by atoms with Crippen LogP contribution in [0, 0.1) is 11.3 Å². The molecule has 0 fully saturated rings. The molecule has 3 aromatic rings. The van der Waals surface area contributed by atoms with Gasteiger partial charge in [0.05, 0.1) is 18.7 Å². The Morgan fingerprint density at radius 3 is 2.65 bits per heavy atom. The molecule has 0 bridgehead atoms. The lowest BCUT2D eigenvalue weighted by atomic mass is 10.0. The van der Waals surface area contributed by atoms with Crippen LogP contribution in [-0.4, -0.2) is 20.5 Å². The first kappa shape index (κ1) is 15.1. The molecule has 116 valence electrons. The maximum absolute atomic E-state index is 11.5. The Kier molecular flexibility index (Phi) is 3.56. The van der Waals surface area contributed by atoms with Crippen LogP contribution in [0.25, 0.3) is 22.0 Å². The summed E-state index contributed by atoms with van der Waals surface area (Å²) >= 11 is 0. The molecule has 0 unspecified atom stereocenters. The average molecular weight is 327 g/mol. The number of ether oxygens (including phenoxy) is 1. The highest BCUT2D eigenvalue weighted by Crippen LogP contribution is 2.33. The van der Waals surface area contributed by atoms with Crippen molar-refractivity contribution in [2.75, 3.05) is 7.11 Å². The van der Waals surface area contributed by atoms with Gasteiger partial charge in [-0.25, -0.2) is 13.6 Å². The number of hydrogen-bond donors (Lipinski definition) is 2. The number of nitrogens with zero attached hydrogens (tertiary/aromatic N) is 1. The molecule has 1 heterocycles. The zero-order valence-corrected chi connectivity index (χ0v) is 13.0. The first-order valence-electron chi connectivity index (χ1n) is 6.66. The van der Waals surface area contributed by atoms with Crippen molar-refractivity contribution in [1.82, 2.24) is 4.98 Å². The molecule has 0 saturated heterocycles. The van der Waals surface area contributed by atoms with Crippen molar-refractivity contribution in [2.45, 2.75) is 4.90 Å². The Labute approximate surface area is 133 Å². The average Bonchev–Trinajstić information content (AvgIpc) is 2.97. The number of hydrogen-bond acceptors (Lipinski definition) is 4. The Morgan fingerprint density at radius 2 is 2.00 bits per heavy atom. The minimum Gasteiger partial charge on any atom is -0.496 e. The highest BCUT2D eigenvalue weighted by molar-refractivity contribution is 7.89. The SMILES string of the molecule is COc1cc(C#N)ccc1-c1ccc2c(S(N)(=O)=O)c[nH]c2c1. The van der Waals surface area contributed by atoms with Crippen LogP contribution < -0.4 is 9.88 Å². The van der Waals surface area contributed by atoms with Crippen LogP contribution in [0.5, 0.6) is 5.75 Å². The Hall–Kier alpha value is -2.82. The third-order valence-corrected chi connectivity index (χ3v) is 4.54. The van der Waals surface area contributed by atoms with Gasteiger partial charge in [-0.05, 0) is 29.8 Å². The van der Waals surface area contributed by atoms with Crippen molar-refractivity contribution in [3.63, 3.8) is 0 Å². The molecule has 0 spiro atoms. The van der Waals surface area contributed by atoms with Crippen LogP contribution in [0.1, 0.15) is 5.56 Å². The summed E-state index contributed by atoms with van der Waals surface area (Å²) in [7, 11) is -2.24. The van der Waals surface area contributed by atoms with Gasteiger partial charge in [-0.1, -0.05) is 12.1 Å². The van der Waals surface area contributed by atoms with Gasteiger partial charge in [0.25, 0.3) is 0 Å². The van der Waals surface area contributed by atoms with Gasteiger partial charge >= 0.3 is 0 Å². The van der Waals surface area contributed by atoms with Gasteiger partial charge in [0, 0.05) is 22.7 Å². The number of primary sulfonamides is 1. The maximum Gasteiger partial charge on any atom is 0.240 e. The van der Waals surface area contributed by atoms with Crippen molar-refractivity contribution in [2.24, 2.45) is 5.14 Å².